The van der Waals surface area contributed by atoms with Crippen LogP contribution in [0.25, 0.3) is 21.9 Å². The van der Waals surface area contributed by atoms with Gasteiger partial charge in [0.25, 0.3) is 0 Å². The van der Waals surface area contributed by atoms with Crippen LogP contribution < -0.4 is 0 Å². The Balaban J connectivity index is 0.000000193. The molecule has 2 N–H and O–H groups in total. The Morgan fingerprint density at radius 2 is 1.08 bits per heavy atom. The van der Waals surface area contributed by atoms with Gasteiger partial charge in [0.2, 0.25) is 0 Å². The monoisotopic (exact) mass is 728 g/mol. The molecular weight excluding hydrogens is 686 g/mol. The second-order valence-electron chi connectivity index (χ2n) is 12.3. The summed E-state index contributed by atoms with van der Waals surface area (Å²) >= 11 is 0. The first-order valence-electron chi connectivity index (χ1n) is 16.8. The van der Waals surface area contributed by atoms with E-state index in [0.717, 1.165) is 87.1 Å². The highest BCUT2D eigenvalue weighted by Crippen LogP contribution is 2.34. The third kappa shape index (κ3) is 12.2. The number of fused-ring (bicyclic) bond motifs is 2. The van der Waals surface area contributed by atoms with E-state index in [1.54, 1.807) is 12.1 Å². The van der Waals surface area contributed by atoms with Crippen LogP contribution >= 0.6 is 0 Å². The van der Waals surface area contributed by atoms with Gasteiger partial charge in [-0.25, -0.2) is 18.4 Å². The Morgan fingerprint density at radius 1 is 0.712 bits per heavy atom. The number of esters is 2. The second kappa shape index (κ2) is 19.4. The quantitative estimate of drug-likeness (QED) is 0.162. The molecule has 0 atom stereocenters. The molecule has 4 aromatic rings. The van der Waals surface area contributed by atoms with E-state index in [9.17, 15) is 28.0 Å². The molecule has 0 amide bonds. The lowest BCUT2D eigenvalue weighted by molar-refractivity contribution is -0.142. The molecule has 0 aliphatic carbocycles. The molecule has 2 aliphatic rings. The van der Waals surface area contributed by atoms with Gasteiger partial charge in [-0.1, -0.05) is 10.3 Å². The van der Waals surface area contributed by atoms with E-state index in [-0.39, 0.29) is 23.6 Å². The Kier molecular flexibility index (Phi) is 14.8. The zero-order valence-corrected chi connectivity index (χ0v) is 29.0. The number of carboxylic acids is 2. The van der Waals surface area contributed by atoms with Gasteiger partial charge in [-0.15, -0.1) is 0 Å². The molecule has 6 rings (SSSR count). The van der Waals surface area contributed by atoms with E-state index in [1.165, 1.54) is 38.1 Å². The van der Waals surface area contributed by atoms with E-state index in [4.69, 9.17) is 28.7 Å². The van der Waals surface area contributed by atoms with Crippen LogP contribution in [-0.2, 0) is 28.7 Å². The predicted molar refractivity (Wildman–Crippen MR) is 182 cm³/mol. The average molecular weight is 729 g/mol. The molecule has 4 heterocycles. The number of carbonyl (C=O) groups is 4. The predicted octanol–water partition coefficient (Wildman–Crippen LogP) is 5.13. The minimum Gasteiger partial charge on any atom is -0.478 e. The Labute approximate surface area is 297 Å². The Morgan fingerprint density at radius 3 is 1.40 bits per heavy atom. The van der Waals surface area contributed by atoms with Crippen molar-refractivity contribution in [1.29, 1.82) is 0 Å². The lowest BCUT2D eigenvalue weighted by Crippen LogP contribution is -2.35. The molecule has 0 spiro atoms. The topological polar surface area (TPSA) is 186 Å². The van der Waals surface area contributed by atoms with Crippen LogP contribution in [0.2, 0.25) is 0 Å². The smallest absolute Gasteiger partial charge is 0.328 e. The van der Waals surface area contributed by atoms with Crippen molar-refractivity contribution >= 4 is 45.8 Å². The molecule has 0 unspecified atom stereocenters. The van der Waals surface area contributed by atoms with Crippen LogP contribution in [0, 0.1) is 11.6 Å². The van der Waals surface area contributed by atoms with E-state index >= 15 is 0 Å². The maximum Gasteiger partial charge on any atom is 0.328 e. The molecule has 2 fully saturated rings. The molecule has 2 aliphatic heterocycles. The van der Waals surface area contributed by atoms with Crippen LogP contribution in [0.15, 0.2) is 57.6 Å². The highest BCUT2D eigenvalue weighted by Gasteiger charge is 2.26. The summed E-state index contributed by atoms with van der Waals surface area (Å²) in [4.78, 5) is 45.2. The van der Waals surface area contributed by atoms with Crippen molar-refractivity contribution in [2.75, 3.05) is 52.5 Å². The first kappa shape index (κ1) is 39.6. The molecule has 0 bridgehead atoms. The van der Waals surface area contributed by atoms with E-state index < -0.39 is 11.9 Å². The molecule has 2 saturated heterocycles. The maximum absolute atomic E-state index is 13.2. The minimum absolute atomic E-state index is 0.240. The first-order valence-corrected chi connectivity index (χ1v) is 16.8. The molecule has 0 saturated carbocycles. The van der Waals surface area contributed by atoms with Crippen LogP contribution in [0.5, 0.6) is 0 Å². The van der Waals surface area contributed by atoms with Crippen LogP contribution in [-0.4, -0.2) is 107 Å². The molecule has 280 valence electrons. The number of aliphatic carboxylic acids is 2. The van der Waals surface area contributed by atoms with Crippen molar-refractivity contribution in [3.8, 4) is 0 Å². The molecule has 14 nitrogen and oxygen atoms in total. The van der Waals surface area contributed by atoms with Crippen LogP contribution in [0.4, 0.5) is 8.78 Å². The Bertz CT molecular complexity index is 1710. The van der Waals surface area contributed by atoms with E-state index in [1.807, 2.05) is 0 Å². The number of ether oxygens (including phenoxy) is 2. The number of likely N-dealkylation sites (tertiary alicyclic amines) is 2. The third-order valence-corrected chi connectivity index (χ3v) is 8.67. The summed E-state index contributed by atoms with van der Waals surface area (Å²) in [6.45, 7) is 8.97. The number of hydrogen-bond acceptors (Lipinski definition) is 12. The van der Waals surface area contributed by atoms with Gasteiger partial charge >= 0.3 is 23.9 Å². The SMILES string of the molecule is CC(=O)OCCN1CCC(c2noc3cc(F)ccc23)CC1.CC(=O)OCCN1CCC(c2noc3cc(F)ccc23)CC1.O=C(O)/C=C/C(=O)O. The van der Waals surface area contributed by atoms with E-state index in [2.05, 4.69) is 20.1 Å². The normalized spacial score (nSPS) is 15.8. The number of carboxylic acid groups (broad SMARTS) is 2. The average Bonchev–Trinajstić information content (AvgIpc) is 3.72. The van der Waals surface area contributed by atoms with Crippen molar-refractivity contribution in [1.82, 2.24) is 20.1 Å². The number of carbonyl (C=O) groups excluding carboxylic acids is 2. The van der Waals surface area contributed by atoms with Crippen molar-refractivity contribution in [3.63, 3.8) is 0 Å². The van der Waals surface area contributed by atoms with Crippen molar-refractivity contribution in [3.05, 3.63) is 71.6 Å². The van der Waals surface area contributed by atoms with Gasteiger partial charge in [0, 0.05) is 73.8 Å². The molecular formula is C36H42F2N4O10. The minimum atomic E-state index is -1.26. The van der Waals surface area contributed by atoms with Gasteiger partial charge in [0.1, 0.15) is 24.8 Å². The van der Waals surface area contributed by atoms with Gasteiger partial charge in [-0.3, -0.25) is 19.4 Å². The zero-order valence-electron chi connectivity index (χ0n) is 29.0. The van der Waals surface area contributed by atoms with E-state index in [0.29, 0.717) is 48.4 Å². The fourth-order valence-electron chi connectivity index (χ4n) is 6.09. The summed E-state index contributed by atoms with van der Waals surface area (Å²) in [6, 6.07) is 9.11. The zero-order chi connectivity index (χ0) is 37.6. The highest BCUT2D eigenvalue weighted by atomic mass is 19.1. The number of halogens is 2. The van der Waals surface area contributed by atoms with Crippen LogP contribution in [0.3, 0.4) is 0 Å². The number of piperidine rings is 2. The van der Waals surface area contributed by atoms with Crippen LogP contribution in [0.1, 0.15) is 62.8 Å². The lowest BCUT2D eigenvalue weighted by atomic mass is 9.91. The van der Waals surface area contributed by atoms with Gasteiger partial charge in [-0.2, -0.15) is 0 Å². The molecule has 52 heavy (non-hydrogen) atoms. The Hall–Kier alpha value is -5.22. The fourth-order valence-corrected chi connectivity index (χ4v) is 6.09. The maximum atomic E-state index is 13.2. The van der Waals surface area contributed by atoms with Crippen molar-refractivity contribution in [2.45, 2.75) is 51.4 Å². The summed E-state index contributed by atoms with van der Waals surface area (Å²) in [6.07, 6.45) is 5.00. The summed E-state index contributed by atoms with van der Waals surface area (Å²) in [5.41, 5.74) is 2.86. The summed E-state index contributed by atoms with van der Waals surface area (Å²) < 4.78 is 46.8. The lowest BCUT2D eigenvalue weighted by Gasteiger charge is -2.30. The third-order valence-electron chi connectivity index (χ3n) is 8.67. The first-order chi connectivity index (χ1) is 24.9. The van der Waals surface area contributed by atoms with Gasteiger partial charge in [-0.05, 0) is 76.1 Å². The summed E-state index contributed by atoms with van der Waals surface area (Å²) in [5, 5.41) is 25.7. The number of rotatable bonds is 10. The fraction of sp³-hybridized carbons (Fsp3) is 0.444. The highest BCUT2D eigenvalue weighted by molar-refractivity contribution is 5.89. The molecule has 0 radical (unpaired) electrons. The standard InChI is InChI=1S/2C16H19FN2O3.C4H4O4/c2*1-11(20)21-9-8-19-6-4-12(5-7-19)16-14-3-2-13(17)10-15(14)22-18-16;5-3(6)1-2-4(7)8/h2*2-3,10,12H,4-9H2,1H3;1-2H,(H,5,6)(H,7,8)/b;;2-1+. The van der Waals surface area contributed by atoms with Gasteiger partial charge in [0.15, 0.2) is 11.2 Å². The van der Waals surface area contributed by atoms with Gasteiger partial charge < -0.3 is 28.7 Å². The summed E-state index contributed by atoms with van der Waals surface area (Å²) in [7, 11) is 0. The summed E-state index contributed by atoms with van der Waals surface area (Å²) in [5.74, 6) is -2.95. The molecule has 16 heteroatoms. The molecule has 2 aromatic carbocycles. The van der Waals surface area contributed by atoms with Gasteiger partial charge in [0.05, 0.1) is 11.4 Å². The number of nitrogens with zero attached hydrogens (tertiary/aromatic N) is 4. The number of benzene rings is 2. The second-order valence-corrected chi connectivity index (χ2v) is 12.3. The number of hydrogen-bond donors (Lipinski definition) is 2. The largest absolute Gasteiger partial charge is 0.478 e. The van der Waals surface area contributed by atoms with Crippen molar-refractivity contribution < 1.29 is 56.7 Å². The van der Waals surface area contributed by atoms with Crippen molar-refractivity contribution in [2.24, 2.45) is 0 Å². The number of aromatic nitrogens is 2. The molecule has 2 aromatic heterocycles.